The first-order valence-electron chi connectivity index (χ1n) is 9.40. The minimum atomic E-state index is -0.458. The first kappa shape index (κ1) is 20.6. The summed E-state index contributed by atoms with van der Waals surface area (Å²) in [5, 5.41) is 11.3. The quantitative estimate of drug-likeness (QED) is 0.444. The molecule has 0 unspecified atom stereocenters. The number of nitrogens with zero attached hydrogens (tertiary/aromatic N) is 3. The van der Waals surface area contributed by atoms with Gasteiger partial charge < -0.3 is 14.6 Å². The van der Waals surface area contributed by atoms with Crippen LogP contribution in [0.3, 0.4) is 0 Å². The zero-order valence-corrected chi connectivity index (χ0v) is 17.3. The van der Waals surface area contributed by atoms with Crippen molar-refractivity contribution in [1.82, 2.24) is 14.9 Å². The summed E-state index contributed by atoms with van der Waals surface area (Å²) in [6.07, 6.45) is 3.15. The van der Waals surface area contributed by atoms with Crippen LogP contribution in [0.15, 0.2) is 65.4 Å². The van der Waals surface area contributed by atoms with Crippen molar-refractivity contribution in [3.63, 3.8) is 0 Å². The minimum absolute atomic E-state index is 0.0701. The molecular weight excluding hydrogens is 423 g/mol. The van der Waals surface area contributed by atoms with Crippen LogP contribution in [0.2, 0.25) is 5.02 Å². The van der Waals surface area contributed by atoms with Crippen LogP contribution in [0.5, 0.6) is 5.75 Å². The van der Waals surface area contributed by atoms with E-state index in [1.165, 1.54) is 18.3 Å². The third-order valence-electron chi connectivity index (χ3n) is 4.53. The third kappa shape index (κ3) is 4.92. The van der Waals surface area contributed by atoms with Gasteiger partial charge in [0.1, 0.15) is 23.9 Å². The van der Waals surface area contributed by atoms with Crippen molar-refractivity contribution in [2.45, 2.75) is 20.1 Å². The van der Waals surface area contributed by atoms with E-state index in [9.17, 15) is 9.18 Å². The maximum absolute atomic E-state index is 13.3. The molecule has 2 aromatic carbocycles. The van der Waals surface area contributed by atoms with Gasteiger partial charge in [-0.25, -0.2) is 4.39 Å². The number of hydrogen-bond donors (Lipinski definition) is 1. The molecule has 1 N–H and O–H groups in total. The van der Waals surface area contributed by atoms with Crippen molar-refractivity contribution < 1.29 is 18.4 Å². The number of nitrogens with one attached hydrogen (secondary N) is 1. The molecule has 2 aromatic heterocycles. The largest absolute Gasteiger partial charge is 0.487 e. The highest BCUT2D eigenvalue weighted by Gasteiger charge is 2.21. The molecule has 31 heavy (non-hydrogen) atoms. The molecule has 2 heterocycles. The third-order valence-corrected chi connectivity index (χ3v) is 4.85. The van der Waals surface area contributed by atoms with Crippen LogP contribution in [-0.2, 0) is 13.2 Å². The number of ether oxygens (including phenoxy) is 1. The molecule has 0 saturated carbocycles. The molecule has 0 atom stereocenters. The lowest BCUT2D eigenvalue weighted by Crippen LogP contribution is -2.15. The smallest absolute Gasteiger partial charge is 0.278 e. The van der Waals surface area contributed by atoms with Gasteiger partial charge in [0.2, 0.25) is 0 Å². The molecule has 0 spiro atoms. The molecule has 4 rings (SSSR count). The summed E-state index contributed by atoms with van der Waals surface area (Å²) < 4.78 is 25.9. The molecule has 0 radical (unpaired) electrons. The molecule has 1 amide bonds. The Morgan fingerprint density at radius 1 is 1.26 bits per heavy atom. The Bertz CT molecular complexity index is 1220. The number of amides is 1. The first-order chi connectivity index (χ1) is 15.0. The Balaban J connectivity index is 1.43. The highest BCUT2D eigenvalue weighted by molar-refractivity contribution is 6.32. The Labute approximate surface area is 182 Å². The fraction of sp³-hybridized carbons (Fsp3) is 0.136. The Morgan fingerprint density at radius 2 is 2.10 bits per heavy atom. The Kier molecular flexibility index (Phi) is 5.99. The molecule has 158 valence electrons. The lowest BCUT2D eigenvalue weighted by Gasteiger charge is -2.08. The summed E-state index contributed by atoms with van der Waals surface area (Å²) in [5.41, 5.74) is 1.86. The molecule has 0 saturated heterocycles. The van der Waals surface area contributed by atoms with E-state index < -0.39 is 5.91 Å². The van der Waals surface area contributed by atoms with Crippen LogP contribution in [-0.4, -0.2) is 20.8 Å². The van der Waals surface area contributed by atoms with Gasteiger partial charge in [-0.1, -0.05) is 41.0 Å². The number of anilines is 1. The van der Waals surface area contributed by atoms with Gasteiger partial charge in [-0.2, -0.15) is 5.10 Å². The lowest BCUT2D eigenvalue weighted by molar-refractivity contribution is 0.101. The molecule has 0 bridgehead atoms. The number of aryl methyl sites for hydroxylation is 1. The van der Waals surface area contributed by atoms with E-state index in [1.807, 2.05) is 0 Å². The maximum atomic E-state index is 13.3. The van der Waals surface area contributed by atoms with Crippen LogP contribution in [0.25, 0.3) is 0 Å². The number of rotatable bonds is 7. The highest BCUT2D eigenvalue weighted by atomic mass is 35.5. The van der Waals surface area contributed by atoms with E-state index in [-0.39, 0.29) is 18.1 Å². The van der Waals surface area contributed by atoms with E-state index in [4.69, 9.17) is 20.9 Å². The molecule has 7 nitrogen and oxygen atoms in total. The second kappa shape index (κ2) is 9.01. The monoisotopic (exact) mass is 440 g/mol. The van der Waals surface area contributed by atoms with Gasteiger partial charge in [-0.05, 0) is 36.8 Å². The van der Waals surface area contributed by atoms with Crippen LogP contribution < -0.4 is 10.1 Å². The van der Waals surface area contributed by atoms with Gasteiger partial charge >= 0.3 is 0 Å². The lowest BCUT2D eigenvalue weighted by atomic mass is 10.2. The number of para-hydroxylation sites is 1. The van der Waals surface area contributed by atoms with Crippen molar-refractivity contribution >= 4 is 23.2 Å². The Morgan fingerprint density at radius 3 is 2.90 bits per heavy atom. The molecule has 4 aromatic rings. The number of benzene rings is 2. The second-order valence-electron chi connectivity index (χ2n) is 6.80. The predicted molar refractivity (Wildman–Crippen MR) is 113 cm³/mol. The van der Waals surface area contributed by atoms with Crippen molar-refractivity contribution in [2.75, 3.05) is 5.32 Å². The number of hydrogen-bond acceptors (Lipinski definition) is 5. The summed E-state index contributed by atoms with van der Waals surface area (Å²) in [4.78, 5) is 12.7. The highest BCUT2D eigenvalue weighted by Crippen LogP contribution is 2.25. The van der Waals surface area contributed by atoms with Crippen molar-refractivity contribution in [1.29, 1.82) is 0 Å². The predicted octanol–water partition coefficient (Wildman–Crippen LogP) is 4.85. The number of halogens is 2. The molecule has 0 fully saturated rings. The zero-order chi connectivity index (χ0) is 21.8. The zero-order valence-electron chi connectivity index (χ0n) is 16.5. The minimum Gasteiger partial charge on any atom is -0.487 e. The van der Waals surface area contributed by atoms with E-state index in [0.29, 0.717) is 34.3 Å². The van der Waals surface area contributed by atoms with Crippen LogP contribution in [0.4, 0.5) is 10.1 Å². The molecule has 0 aliphatic carbocycles. The van der Waals surface area contributed by atoms with E-state index in [2.05, 4.69) is 15.6 Å². The average molecular weight is 441 g/mol. The fourth-order valence-electron chi connectivity index (χ4n) is 2.98. The number of carbonyl (C=O) groups excluding carboxylic acids is 1. The second-order valence-corrected chi connectivity index (χ2v) is 7.20. The topological polar surface area (TPSA) is 82.2 Å². The Hall–Kier alpha value is -3.65. The molecule has 0 aliphatic rings. The summed E-state index contributed by atoms with van der Waals surface area (Å²) >= 11 is 6.11. The van der Waals surface area contributed by atoms with Crippen molar-refractivity contribution in [2.24, 2.45) is 0 Å². The van der Waals surface area contributed by atoms with E-state index >= 15 is 0 Å². The number of carbonyl (C=O) groups is 1. The summed E-state index contributed by atoms with van der Waals surface area (Å²) in [6, 6.07) is 13.3. The number of aromatic nitrogens is 3. The van der Waals surface area contributed by atoms with E-state index in [0.717, 1.165) is 5.56 Å². The van der Waals surface area contributed by atoms with Gasteiger partial charge in [-0.15, -0.1) is 0 Å². The molecule has 0 aliphatic heterocycles. The SMILES string of the molecule is Cc1onc(C(=O)Nc2cnn(Cc3cccc(F)c3)c2)c1COc1ccccc1Cl. The van der Waals surface area contributed by atoms with Gasteiger partial charge in [0.15, 0.2) is 5.69 Å². The first-order valence-corrected chi connectivity index (χ1v) is 9.78. The standard InChI is InChI=1S/C22H18ClFN4O3/c1-14-18(13-30-20-8-3-2-7-19(20)23)21(27-31-14)22(29)26-17-10-25-28(12-17)11-15-5-4-6-16(24)9-15/h2-10,12H,11,13H2,1H3,(H,26,29). The normalized spacial score (nSPS) is 10.8. The van der Waals surface area contributed by atoms with Gasteiger partial charge in [0.05, 0.1) is 29.0 Å². The average Bonchev–Trinajstić information content (AvgIpc) is 3.33. The maximum Gasteiger partial charge on any atom is 0.278 e. The molecular formula is C22H18ClFN4O3. The van der Waals surface area contributed by atoms with Crippen molar-refractivity contribution in [3.05, 3.63) is 94.3 Å². The summed E-state index contributed by atoms with van der Waals surface area (Å²) in [6.45, 7) is 2.14. The van der Waals surface area contributed by atoms with Gasteiger partial charge in [0, 0.05) is 6.20 Å². The van der Waals surface area contributed by atoms with Crippen LogP contribution in [0, 0.1) is 12.7 Å². The van der Waals surface area contributed by atoms with Gasteiger partial charge in [0.25, 0.3) is 5.91 Å². The van der Waals surface area contributed by atoms with Crippen molar-refractivity contribution in [3.8, 4) is 5.75 Å². The molecule has 9 heteroatoms. The summed E-state index contributed by atoms with van der Waals surface area (Å²) in [7, 11) is 0. The van der Waals surface area contributed by atoms with Gasteiger partial charge in [-0.3, -0.25) is 9.48 Å². The van der Waals surface area contributed by atoms with Crippen LogP contribution in [0.1, 0.15) is 27.4 Å². The van der Waals surface area contributed by atoms with Crippen LogP contribution >= 0.6 is 11.6 Å². The van der Waals surface area contributed by atoms with E-state index in [1.54, 1.807) is 54.2 Å². The fourth-order valence-corrected chi connectivity index (χ4v) is 3.17. The summed E-state index contributed by atoms with van der Waals surface area (Å²) in [5.74, 6) is 0.194.